The summed E-state index contributed by atoms with van der Waals surface area (Å²) in [4.78, 5) is 4.86. The van der Waals surface area contributed by atoms with Gasteiger partial charge in [-0.25, -0.2) is 0 Å². The van der Waals surface area contributed by atoms with Gasteiger partial charge in [0.2, 0.25) is 0 Å². The summed E-state index contributed by atoms with van der Waals surface area (Å²) in [5, 5.41) is 0. The highest BCUT2D eigenvalue weighted by Crippen LogP contribution is 2.12. The fourth-order valence-corrected chi connectivity index (χ4v) is 2.40. The monoisotopic (exact) mass is 213 g/mol. The minimum Gasteiger partial charge on any atom is -0.326 e. The Morgan fingerprint density at radius 1 is 1.33 bits per heavy atom. The van der Waals surface area contributed by atoms with Crippen LogP contribution in [0, 0.1) is 0 Å². The quantitative estimate of drug-likeness (QED) is 0.760. The van der Waals surface area contributed by atoms with Crippen LogP contribution in [0.3, 0.4) is 0 Å². The Bertz CT molecular complexity index is 172. The highest BCUT2D eigenvalue weighted by atomic mass is 15.2. The number of hydrogen-bond donors (Lipinski definition) is 1. The van der Waals surface area contributed by atoms with Crippen molar-refractivity contribution in [1.82, 2.24) is 9.80 Å². The first-order valence-corrected chi connectivity index (χ1v) is 6.29. The van der Waals surface area contributed by atoms with Gasteiger partial charge in [0.05, 0.1) is 0 Å². The second-order valence-corrected chi connectivity index (χ2v) is 4.97. The molecule has 0 spiro atoms. The molecule has 1 fully saturated rings. The van der Waals surface area contributed by atoms with Crippen molar-refractivity contribution in [2.24, 2.45) is 5.73 Å². The molecule has 1 heterocycles. The molecule has 2 atom stereocenters. The van der Waals surface area contributed by atoms with Gasteiger partial charge in [0.1, 0.15) is 0 Å². The zero-order chi connectivity index (χ0) is 11.3. The van der Waals surface area contributed by atoms with E-state index < -0.39 is 0 Å². The molecule has 2 unspecified atom stereocenters. The molecule has 0 saturated carbocycles. The summed E-state index contributed by atoms with van der Waals surface area (Å²) in [5.74, 6) is 0. The van der Waals surface area contributed by atoms with Crippen LogP contribution in [0.15, 0.2) is 0 Å². The number of nitrogens with two attached hydrogens (primary N) is 1. The van der Waals surface area contributed by atoms with Crippen LogP contribution in [0.5, 0.6) is 0 Å². The number of hydrogen-bond acceptors (Lipinski definition) is 3. The molecule has 1 rings (SSSR count). The summed E-state index contributed by atoms with van der Waals surface area (Å²) < 4.78 is 0. The molecule has 1 aliphatic heterocycles. The lowest BCUT2D eigenvalue weighted by molar-refractivity contribution is 0.190. The van der Waals surface area contributed by atoms with Crippen LogP contribution in [-0.2, 0) is 0 Å². The fraction of sp³-hybridized carbons (Fsp3) is 1.00. The van der Waals surface area contributed by atoms with E-state index in [9.17, 15) is 0 Å². The lowest BCUT2D eigenvalue weighted by Crippen LogP contribution is -2.50. The first-order valence-electron chi connectivity index (χ1n) is 6.29. The lowest BCUT2D eigenvalue weighted by Gasteiger charge is -2.32. The SMILES string of the molecule is CCCCC(N)C1CN(C)CCCN1C. The van der Waals surface area contributed by atoms with Crippen molar-refractivity contribution in [3.8, 4) is 0 Å². The molecule has 1 aliphatic rings. The largest absolute Gasteiger partial charge is 0.326 e. The summed E-state index contributed by atoms with van der Waals surface area (Å²) >= 11 is 0. The third kappa shape index (κ3) is 4.09. The average molecular weight is 213 g/mol. The number of rotatable bonds is 4. The van der Waals surface area contributed by atoms with Crippen LogP contribution in [-0.4, -0.2) is 55.6 Å². The zero-order valence-corrected chi connectivity index (χ0v) is 10.6. The van der Waals surface area contributed by atoms with Crippen molar-refractivity contribution < 1.29 is 0 Å². The van der Waals surface area contributed by atoms with E-state index in [1.807, 2.05) is 0 Å². The van der Waals surface area contributed by atoms with Crippen molar-refractivity contribution in [2.75, 3.05) is 33.7 Å². The zero-order valence-electron chi connectivity index (χ0n) is 10.6. The molecule has 0 aromatic rings. The van der Waals surface area contributed by atoms with E-state index in [1.165, 1.54) is 38.8 Å². The van der Waals surface area contributed by atoms with Crippen molar-refractivity contribution in [2.45, 2.75) is 44.7 Å². The third-order valence-corrected chi connectivity index (χ3v) is 3.50. The molecule has 3 heteroatoms. The number of unbranched alkanes of at least 4 members (excludes halogenated alkanes) is 1. The average Bonchev–Trinajstić information content (AvgIpc) is 2.37. The smallest absolute Gasteiger partial charge is 0.0371 e. The summed E-state index contributed by atoms with van der Waals surface area (Å²) in [6.07, 6.45) is 4.94. The Morgan fingerprint density at radius 2 is 2.07 bits per heavy atom. The molecular formula is C12H27N3. The molecule has 1 saturated heterocycles. The highest BCUT2D eigenvalue weighted by Gasteiger charge is 2.25. The molecular weight excluding hydrogens is 186 g/mol. The highest BCUT2D eigenvalue weighted by molar-refractivity contribution is 4.85. The van der Waals surface area contributed by atoms with Crippen LogP contribution in [0.25, 0.3) is 0 Å². The minimum absolute atomic E-state index is 0.343. The van der Waals surface area contributed by atoms with Gasteiger partial charge in [0.15, 0.2) is 0 Å². The Labute approximate surface area is 94.6 Å². The van der Waals surface area contributed by atoms with Crippen molar-refractivity contribution in [3.05, 3.63) is 0 Å². The van der Waals surface area contributed by atoms with Crippen LogP contribution in [0.2, 0.25) is 0 Å². The predicted octanol–water partition coefficient (Wildman–Crippen LogP) is 1.14. The minimum atomic E-state index is 0.343. The van der Waals surface area contributed by atoms with Crippen molar-refractivity contribution in [1.29, 1.82) is 0 Å². The van der Waals surface area contributed by atoms with Gasteiger partial charge < -0.3 is 15.5 Å². The second kappa shape index (κ2) is 6.46. The van der Waals surface area contributed by atoms with Crippen molar-refractivity contribution in [3.63, 3.8) is 0 Å². The third-order valence-electron chi connectivity index (χ3n) is 3.50. The van der Waals surface area contributed by atoms with Crippen LogP contribution in [0.1, 0.15) is 32.6 Å². The Morgan fingerprint density at radius 3 is 2.73 bits per heavy atom. The van der Waals surface area contributed by atoms with Gasteiger partial charge in [-0.15, -0.1) is 0 Å². The van der Waals surface area contributed by atoms with Crippen LogP contribution < -0.4 is 5.73 Å². The number of likely N-dealkylation sites (N-methyl/N-ethyl adjacent to an activating group) is 2. The molecule has 90 valence electrons. The predicted molar refractivity (Wildman–Crippen MR) is 66.0 cm³/mol. The fourth-order valence-electron chi connectivity index (χ4n) is 2.40. The van der Waals surface area contributed by atoms with E-state index >= 15 is 0 Å². The maximum Gasteiger partial charge on any atom is 0.0371 e. The second-order valence-electron chi connectivity index (χ2n) is 4.97. The van der Waals surface area contributed by atoms with Gasteiger partial charge in [0, 0.05) is 18.6 Å². The molecule has 3 nitrogen and oxygen atoms in total. The van der Waals surface area contributed by atoms with E-state index in [2.05, 4.69) is 30.8 Å². The van der Waals surface area contributed by atoms with Crippen LogP contribution in [0.4, 0.5) is 0 Å². The molecule has 15 heavy (non-hydrogen) atoms. The standard InChI is InChI=1S/C12H27N3/c1-4-5-7-11(13)12-10-14(2)8-6-9-15(12)3/h11-12H,4-10,13H2,1-3H3. The summed E-state index contributed by atoms with van der Waals surface area (Å²) in [6.45, 7) is 5.76. The van der Waals surface area contributed by atoms with Crippen molar-refractivity contribution >= 4 is 0 Å². The topological polar surface area (TPSA) is 32.5 Å². The van der Waals surface area contributed by atoms with Gasteiger partial charge in [-0.2, -0.15) is 0 Å². The van der Waals surface area contributed by atoms with Gasteiger partial charge in [0.25, 0.3) is 0 Å². The maximum atomic E-state index is 6.29. The molecule has 0 bridgehead atoms. The molecule has 0 aliphatic carbocycles. The van der Waals surface area contributed by atoms with Gasteiger partial charge in [-0.1, -0.05) is 19.8 Å². The van der Waals surface area contributed by atoms with E-state index in [-0.39, 0.29) is 0 Å². The van der Waals surface area contributed by atoms with E-state index in [0.717, 1.165) is 6.54 Å². The Hall–Kier alpha value is -0.120. The molecule has 2 N–H and O–H groups in total. The van der Waals surface area contributed by atoms with Gasteiger partial charge in [-0.3, -0.25) is 0 Å². The molecule has 0 radical (unpaired) electrons. The maximum absolute atomic E-state index is 6.29. The molecule has 0 aromatic heterocycles. The Balaban J connectivity index is 2.47. The van der Waals surface area contributed by atoms with E-state index in [0.29, 0.717) is 12.1 Å². The summed E-state index contributed by atoms with van der Waals surface area (Å²) in [5.41, 5.74) is 6.29. The van der Waals surface area contributed by atoms with Gasteiger partial charge in [-0.05, 0) is 40.0 Å². The molecule has 0 aromatic carbocycles. The normalized spacial score (nSPS) is 27.6. The van der Waals surface area contributed by atoms with Crippen LogP contribution >= 0.6 is 0 Å². The lowest BCUT2D eigenvalue weighted by atomic mass is 10.0. The van der Waals surface area contributed by atoms with Gasteiger partial charge >= 0.3 is 0 Å². The first kappa shape index (κ1) is 12.9. The number of nitrogens with zero attached hydrogens (tertiary/aromatic N) is 2. The molecule has 0 amide bonds. The Kier molecular flexibility index (Phi) is 5.58. The summed E-state index contributed by atoms with van der Waals surface area (Å²) in [6, 6.07) is 0.888. The van der Waals surface area contributed by atoms with E-state index in [4.69, 9.17) is 5.73 Å². The summed E-state index contributed by atoms with van der Waals surface area (Å²) in [7, 11) is 4.42. The van der Waals surface area contributed by atoms with E-state index in [1.54, 1.807) is 0 Å². The first-order chi connectivity index (χ1) is 7.15.